The quantitative estimate of drug-likeness (QED) is 0.558. The molecule has 0 spiro atoms. The molecule has 1 aliphatic rings. The van der Waals surface area contributed by atoms with Gasteiger partial charge in [0.25, 0.3) is 0 Å². The summed E-state index contributed by atoms with van der Waals surface area (Å²) in [7, 11) is 0. The molecule has 1 fully saturated rings. The molecule has 3 N–H and O–H groups in total. The van der Waals surface area contributed by atoms with E-state index in [0.717, 1.165) is 18.4 Å². The molecular weight excluding hydrogens is 278 g/mol. The van der Waals surface area contributed by atoms with E-state index >= 15 is 0 Å². The molecule has 0 saturated heterocycles. The molecule has 1 aromatic rings. The third-order valence-electron chi connectivity index (χ3n) is 4.34. The van der Waals surface area contributed by atoms with Gasteiger partial charge in [-0.1, -0.05) is 26.2 Å². The van der Waals surface area contributed by atoms with Gasteiger partial charge in [-0.05, 0) is 37.8 Å². The molecule has 0 radical (unpaired) electrons. The highest BCUT2D eigenvalue weighted by atomic mass is 16.4. The molecule has 22 heavy (non-hydrogen) atoms. The normalized spacial score (nSPS) is 24.0. The van der Waals surface area contributed by atoms with Crippen LogP contribution in [-0.4, -0.2) is 30.2 Å². The second-order valence-corrected chi connectivity index (χ2v) is 6.03. The number of aliphatic hydroxyl groups excluding tert-OH is 1. The lowest BCUT2D eigenvalue weighted by Gasteiger charge is -2.30. The molecule has 0 aliphatic heterocycles. The van der Waals surface area contributed by atoms with Gasteiger partial charge in [0.1, 0.15) is 11.9 Å². The van der Waals surface area contributed by atoms with Gasteiger partial charge in [0.15, 0.2) is 5.96 Å². The SMILES string of the molecule is CCNC(=NCC(O)c1ccco1)NC1CCCC(CC)C1. The molecule has 5 nitrogen and oxygen atoms in total. The first-order valence-corrected chi connectivity index (χ1v) is 8.49. The lowest BCUT2D eigenvalue weighted by atomic mass is 9.84. The number of nitrogens with one attached hydrogen (secondary N) is 2. The van der Waals surface area contributed by atoms with Crippen molar-refractivity contribution < 1.29 is 9.52 Å². The zero-order valence-electron chi connectivity index (χ0n) is 13.7. The van der Waals surface area contributed by atoms with Crippen LogP contribution in [0.2, 0.25) is 0 Å². The summed E-state index contributed by atoms with van der Waals surface area (Å²) in [6.45, 7) is 5.43. The first-order valence-electron chi connectivity index (χ1n) is 8.49. The molecule has 1 aromatic heterocycles. The molecule has 1 heterocycles. The molecule has 0 aromatic carbocycles. The molecule has 1 aliphatic carbocycles. The Labute approximate surface area is 133 Å². The standard InChI is InChI=1S/C17H29N3O2/c1-3-13-7-5-8-14(11-13)20-17(18-4-2)19-12-15(21)16-9-6-10-22-16/h6,9-10,13-15,21H,3-5,7-8,11-12H2,1-2H3,(H2,18,19,20). The summed E-state index contributed by atoms with van der Waals surface area (Å²) in [5.41, 5.74) is 0. The summed E-state index contributed by atoms with van der Waals surface area (Å²) in [4.78, 5) is 4.50. The van der Waals surface area contributed by atoms with Crippen molar-refractivity contribution in [2.24, 2.45) is 10.9 Å². The average Bonchev–Trinajstić information content (AvgIpc) is 3.07. The summed E-state index contributed by atoms with van der Waals surface area (Å²) in [6, 6.07) is 4.03. The summed E-state index contributed by atoms with van der Waals surface area (Å²) in [5.74, 6) is 2.17. The second kappa shape index (κ2) is 8.83. The van der Waals surface area contributed by atoms with Crippen molar-refractivity contribution in [3.8, 4) is 0 Å². The fourth-order valence-corrected chi connectivity index (χ4v) is 3.05. The summed E-state index contributed by atoms with van der Waals surface area (Å²) in [5, 5.41) is 16.8. The van der Waals surface area contributed by atoms with Crippen LogP contribution < -0.4 is 10.6 Å². The molecule has 124 valence electrons. The van der Waals surface area contributed by atoms with Crippen molar-refractivity contribution in [2.45, 2.75) is 58.1 Å². The lowest BCUT2D eigenvalue weighted by Crippen LogP contribution is -2.45. The van der Waals surface area contributed by atoms with Gasteiger partial charge in [-0.3, -0.25) is 4.99 Å². The van der Waals surface area contributed by atoms with Crippen molar-refractivity contribution in [3.63, 3.8) is 0 Å². The smallest absolute Gasteiger partial charge is 0.191 e. The van der Waals surface area contributed by atoms with E-state index in [1.54, 1.807) is 18.4 Å². The first kappa shape index (κ1) is 16.9. The first-order chi connectivity index (χ1) is 10.7. The van der Waals surface area contributed by atoms with Crippen molar-refractivity contribution >= 4 is 5.96 Å². The Morgan fingerprint density at radius 2 is 2.32 bits per heavy atom. The lowest BCUT2D eigenvalue weighted by molar-refractivity contribution is 0.158. The Morgan fingerprint density at radius 1 is 1.45 bits per heavy atom. The Morgan fingerprint density at radius 3 is 3.00 bits per heavy atom. The van der Waals surface area contributed by atoms with Crippen molar-refractivity contribution in [1.82, 2.24) is 10.6 Å². The van der Waals surface area contributed by atoms with Gasteiger partial charge in [0.2, 0.25) is 0 Å². The van der Waals surface area contributed by atoms with Crippen molar-refractivity contribution in [2.75, 3.05) is 13.1 Å². The number of aliphatic imine (C=N–C) groups is 1. The van der Waals surface area contributed by atoms with E-state index in [1.807, 2.05) is 0 Å². The van der Waals surface area contributed by atoms with E-state index in [9.17, 15) is 5.11 Å². The van der Waals surface area contributed by atoms with Crippen LogP contribution in [0.15, 0.2) is 27.8 Å². The third-order valence-corrected chi connectivity index (χ3v) is 4.34. The van der Waals surface area contributed by atoms with Gasteiger partial charge in [-0.15, -0.1) is 0 Å². The average molecular weight is 307 g/mol. The van der Waals surface area contributed by atoms with Crippen LogP contribution in [0.25, 0.3) is 0 Å². The van der Waals surface area contributed by atoms with E-state index in [1.165, 1.54) is 32.1 Å². The molecule has 5 heteroatoms. The van der Waals surface area contributed by atoms with Crippen LogP contribution in [0.4, 0.5) is 0 Å². The minimum Gasteiger partial charge on any atom is -0.467 e. The number of nitrogens with zero attached hydrogens (tertiary/aromatic N) is 1. The fraction of sp³-hybridized carbons (Fsp3) is 0.706. The molecule has 2 rings (SSSR count). The van der Waals surface area contributed by atoms with Crippen molar-refractivity contribution in [3.05, 3.63) is 24.2 Å². The molecule has 3 unspecified atom stereocenters. The maximum Gasteiger partial charge on any atom is 0.191 e. The number of hydrogen-bond acceptors (Lipinski definition) is 3. The molecule has 0 amide bonds. The highest BCUT2D eigenvalue weighted by Crippen LogP contribution is 2.26. The minimum atomic E-state index is -0.694. The van der Waals surface area contributed by atoms with Gasteiger partial charge < -0.3 is 20.2 Å². The largest absolute Gasteiger partial charge is 0.467 e. The maximum absolute atomic E-state index is 10.1. The Kier molecular flexibility index (Phi) is 6.77. The highest BCUT2D eigenvalue weighted by Gasteiger charge is 2.21. The Balaban J connectivity index is 1.89. The van der Waals surface area contributed by atoms with E-state index < -0.39 is 6.10 Å². The van der Waals surface area contributed by atoms with Crippen LogP contribution in [0.5, 0.6) is 0 Å². The van der Waals surface area contributed by atoms with Crippen LogP contribution in [0, 0.1) is 5.92 Å². The fourth-order valence-electron chi connectivity index (χ4n) is 3.05. The van der Waals surface area contributed by atoms with E-state index in [2.05, 4.69) is 29.5 Å². The highest BCUT2D eigenvalue weighted by molar-refractivity contribution is 5.80. The molecule has 3 atom stereocenters. The number of furan rings is 1. The zero-order chi connectivity index (χ0) is 15.8. The monoisotopic (exact) mass is 307 g/mol. The minimum absolute atomic E-state index is 0.298. The van der Waals surface area contributed by atoms with E-state index in [0.29, 0.717) is 18.3 Å². The number of rotatable bonds is 6. The van der Waals surface area contributed by atoms with Crippen LogP contribution in [0.1, 0.15) is 57.8 Å². The van der Waals surface area contributed by atoms with Crippen LogP contribution in [0.3, 0.4) is 0 Å². The summed E-state index contributed by atoms with van der Waals surface area (Å²) in [6.07, 6.45) is 7.16. The van der Waals surface area contributed by atoms with E-state index in [4.69, 9.17) is 4.42 Å². The predicted octanol–water partition coefficient (Wildman–Crippen LogP) is 2.84. The number of hydrogen-bond donors (Lipinski definition) is 3. The molecule has 0 bridgehead atoms. The Hall–Kier alpha value is -1.49. The Bertz CT molecular complexity index is 445. The van der Waals surface area contributed by atoms with Gasteiger partial charge in [0.05, 0.1) is 12.8 Å². The van der Waals surface area contributed by atoms with E-state index in [-0.39, 0.29) is 0 Å². The van der Waals surface area contributed by atoms with Crippen LogP contribution >= 0.6 is 0 Å². The van der Waals surface area contributed by atoms with Gasteiger partial charge in [-0.25, -0.2) is 0 Å². The summed E-state index contributed by atoms with van der Waals surface area (Å²) >= 11 is 0. The topological polar surface area (TPSA) is 69.8 Å². The molecular formula is C17H29N3O2. The maximum atomic E-state index is 10.1. The van der Waals surface area contributed by atoms with Crippen molar-refractivity contribution in [1.29, 1.82) is 0 Å². The number of guanidine groups is 1. The van der Waals surface area contributed by atoms with Gasteiger partial charge >= 0.3 is 0 Å². The summed E-state index contributed by atoms with van der Waals surface area (Å²) < 4.78 is 5.21. The number of aliphatic hydroxyl groups is 1. The third kappa shape index (κ3) is 5.05. The zero-order valence-corrected chi connectivity index (χ0v) is 13.7. The molecule has 1 saturated carbocycles. The van der Waals surface area contributed by atoms with Gasteiger partial charge in [-0.2, -0.15) is 0 Å². The second-order valence-electron chi connectivity index (χ2n) is 6.03. The van der Waals surface area contributed by atoms with Crippen LogP contribution in [-0.2, 0) is 0 Å². The van der Waals surface area contributed by atoms with Gasteiger partial charge in [0, 0.05) is 12.6 Å². The predicted molar refractivity (Wildman–Crippen MR) is 88.8 cm³/mol.